The second-order valence-corrected chi connectivity index (χ2v) is 6.45. The molecule has 0 saturated carbocycles. The summed E-state index contributed by atoms with van der Waals surface area (Å²) in [5.41, 5.74) is 8.13. The van der Waals surface area contributed by atoms with Gasteiger partial charge in [-0.15, -0.1) is 0 Å². The Morgan fingerprint density at radius 1 is 1.47 bits per heavy atom. The van der Waals surface area contributed by atoms with Crippen molar-refractivity contribution in [3.63, 3.8) is 0 Å². The summed E-state index contributed by atoms with van der Waals surface area (Å²) >= 11 is 8.62. The maximum Gasteiger partial charge on any atom is 0.106 e. The monoisotopic (exact) mass is 312 g/mol. The summed E-state index contributed by atoms with van der Waals surface area (Å²) in [6.45, 7) is 5.61. The van der Waals surface area contributed by atoms with E-state index in [0.29, 0.717) is 4.99 Å². The third-order valence-electron chi connectivity index (χ3n) is 3.42. The first kappa shape index (κ1) is 12.8. The van der Waals surface area contributed by atoms with Crippen LogP contribution in [-0.4, -0.2) is 17.1 Å². The lowest BCUT2D eigenvalue weighted by atomic mass is 10.0. The van der Waals surface area contributed by atoms with Crippen LogP contribution in [0.5, 0.6) is 0 Å². The van der Waals surface area contributed by atoms with Crippen molar-refractivity contribution >= 4 is 38.8 Å². The Hall–Kier alpha value is -0.610. The zero-order valence-corrected chi connectivity index (χ0v) is 12.6. The van der Waals surface area contributed by atoms with E-state index in [1.807, 2.05) is 12.1 Å². The van der Waals surface area contributed by atoms with E-state index in [4.69, 9.17) is 18.0 Å². The second kappa shape index (κ2) is 4.58. The molecule has 92 valence electrons. The van der Waals surface area contributed by atoms with Crippen LogP contribution in [0, 0.1) is 0 Å². The number of nitrogens with zero attached hydrogens (tertiary/aromatic N) is 1. The Morgan fingerprint density at radius 3 is 2.71 bits per heavy atom. The first-order chi connectivity index (χ1) is 7.92. The molecule has 1 heterocycles. The molecule has 0 aliphatic carbocycles. The highest BCUT2D eigenvalue weighted by Gasteiger charge is 2.33. The molecule has 2 N–H and O–H groups in total. The van der Waals surface area contributed by atoms with Crippen LogP contribution >= 0.6 is 28.1 Å². The van der Waals surface area contributed by atoms with Gasteiger partial charge in [-0.1, -0.05) is 28.1 Å². The Labute approximate surface area is 116 Å². The van der Waals surface area contributed by atoms with Crippen molar-refractivity contribution in [1.82, 2.24) is 0 Å². The topological polar surface area (TPSA) is 29.3 Å². The van der Waals surface area contributed by atoms with E-state index < -0.39 is 0 Å². The fraction of sp³-hybridized carbons (Fsp3) is 0.462. The molecule has 1 fully saturated rings. The van der Waals surface area contributed by atoms with Crippen LogP contribution in [0.4, 0.5) is 5.69 Å². The van der Waals surface area contributed by atoms with Crippen molar-refractivity contribution in [3.05, 3.63) is 28.2 Å². The molecule has 0 radical (unpaired) electrons. The van der Waals surface area contributed by atoms with Gasteiger partial charge < -0.3 is 10.6 Å². The lowest BCUT2D eigenvalue weighted by molar-refractivity contribution is 0.518. The fourth-order valence-electron chi connectivity index (χ4n) is 2.49. The molecular formula is C13H17BrN2S. The first-order valence-electron chi connectivity index (χ1n) is 5.79. The molecule has 0 aromatic heterocycles. The summed E-state index contributed by atoms with van der Waals surface area (Å²) in [6, 6.07) is 6.16. The van der Waals surface area contributed by atoms with Crippen molar-refractivity contribution < 1.29 is 0 Å². The van der Waals surface area contributed by atoms with Gasteiger partial charge in [0.25, 0.3) is 0 Å². The lowest BCUT2D eigenvalue weighted by Gasteiger charge is -2.35. The van der Waals surface area contributed by atoms with Crippen LogP contribution in [0.3, 0.4) is 0 Å². The number of thiocarbonyl (C=S) groups is 1. The largest absolute Gasteiger partial charge is 0.389 e. The average molecular weight is 313 g/mol. The predicted molar refractivity (Wildman–Crippen MR) is 80.7 cm³/mol. The molecule has 0 spiro atoms. The van der Waals surface area contributed by atoms with Crippen molar-refractivity contribution in [2.24, 2.45) is 5.73 Å². The van der Waals surface area contributed by atoms with Gasteiger partial charge in [-0.3, -0.25) is 0 Å². The Morgan fingerprint density at radius 2 is 2.18 bits per heavy atom. The Bertz CT molecular complexity index is 457. The lowest BCUT2D eigenvalue weighted by Crippen LogP contribution is -2.39. The SMILES string of the molecule is CC1(C)CCCN1c1ccc(Br)cc1C(N)=S. The van der Waals surface area contributed by atoms with E-state index >= 15 is 0 Å². The summed E-state index contributed by atoms with van der Waals surface area (Å²) in [5.74, 6) is 0. The zero-order valence-electron chi connectivity index (χ0n) is 10.2. The van der Waals surface area contributed by atoms with Crippen molar-refractivity contribution in [2.75, 3.05) is 11.4 Å². The highest BCUT2D eigenvalue weighted by atomic mass is 79.9. The third-order valence-corrected chi connectivity index (χ3v) is 4.13. The van der Waals surface area contributed by atoms with E-state index in [1.54, 1.807) is 0 Å². The first-order valence-corrected chi connectivity index (χ1v) is 6.99. The van der Waals surface area contributed by atoms with Gasteiger partial charge in [0, 0.05) is 27.8 Å². The molecule has 4 heteroatoms. The van der Waals surface area contributed by atoms with Gasteiger partial charge in [0.15, 0.2) is 0 Å². The molecule has 1 aromatic rings. The minimum atomic E-state index is 0.188. The molecule has 2 nitrogen and oxygen atoms in total. The molecule has 1 saturated heterocycles. The number of halogens is 1. The molecule has 1 aliphatic rings. The van der Waals surface area contributed by atoms with Crippen molar-refractivity contribution in [2.45, 2.75) is 32.2 Å². The van der Waals surface area contributed by atoms with Gasteiger partial charge in [0.05, 0.1) is 0 Å². The molecule has 2 rings (SSSR count). The predicted octanol–water partition coefficient (Wildman–Crippen LogP) is 3.46. The fourth-order valence-corrected chi connectivity index (χ4v) is 3.02. The van der Waals surface area contributed by atoms with E-state index in [-0.39, 0.29) is 5.54 Å². The molecule has 1 aliphatic heterocycles. The van der Waals surface area contributed by atoms with Gasteiger partial charge in [-0.2, -0.15) is 0 Å². The number of anilines is 1. The number of benzene rings is 1. The maximum atomic E-state index is 5.82. The maximum absolute atomic E-state index is 5.82. The van der Waals surface area contributed by atoms with Crippen LogP contribution < -0.4 is 10.6 Å². The van der Waals surface area contributed by atoms with Gasteiger partial charge in [0.2, 0.25) is 0 Å². The van der Waals surface area contributed by atoms with E-state index in [1.165, 1.54) is 12.8 Å². The molecule has 1 aromatic carbocycles. The quantitative estimate of drug-likeness (QED) is 0.848. The molecule has 17 heavy (non-hydrogen) atoms. The minimum Gasteiger partial charge on any atom is -0.389 e. The standard InChI is InChI=1S/C13H17BrN2S/c1-13(2)6-3-7-16(13)11-5-4-9(14)8-10(11)12(15)17/h4-5,8H,3,6-7H2,1-2H3,(H2,15,17). The summed E-state index contributed by atoms with van der Waals surface area (Å²) in [7, 11) is 0. The van der Waals surface area contributed by atoms with Gasteiger partial charge in [-0.25, -0.2) is 0 Å². The van der Waals surface area contributed by atoms with Crippen LogP contribution in [-0.2, 0) is 0 Å². The molecular weight excluding hydrogens is 296 g/mol. The number of nitrogens with two attached hydrogens (primary N) is 1. The third kappa shape index (κ3) is 2.47. The Balaban J connectivity index is 2.48. The van der Waals surface area contributed by atoms with Crippen LogP contribution in [0.2, 0.25) is 0 Å². The van der Waals surface area contributed by atoms with Crippen LogP contribution in [0.15, 0.2) is 22.7 Å². The number of rotatable bonds is 2. The van der Waals surface area contributed by atoms with E-state index in [2.05, 4.69) is 40.7 Å². The number of hydrogen-bond acceptors (Lipinski definition) is 2. The average Bonchev–Trinajstić information content (AvgIpc) is 2.58. The highest BCUT2D eigenvalue weighted by molar-refractivity contribution is 9.10. The van der Waals surface area contributed by atoms with Gasteiger partial charge in [-0.05, 0) is 44.9 Å². The molecule has 0 atom stereocenters. The van der Waals surface area contributed by atoms with E-state index in [9.17, 15) is 0 Å². The molecule has 0 unspecified atom stereocenters. The van der Waals surface area contributed by atoms with Crippen molar-refractivity contribution in [3.8, 4) is 0 Å². The Kier molecular flexibility index (Phi) is 3.46. The summed E-state index contributed by atoms with van der Waals surface area (Å²) < 4.78 is 1.01. The van der Waals surface area contributed by atoms with Crippen molar-refractivity contribution in [1.29, 1.82) is 0 Å². The zero-order chi connectivity index (χ0) is 12.6. The normalized spacial score (nSPS) is 18.4. The highest BCUT2D eigenvalue weighted by Crippen LogP contribution is 2.36. The summed E-state index contributed by atoms with van der Waals surface area (Å²) in [5, 5.41) is 0. The second-order valence-electron chi connectivity index (χ2n) is 5.09. The molecule has 0 bridgehead atoms. The summed E-state index contributed by atoms with van der Waals surface area (Å²) in [4.78, 5) is 2.87. The van der Waals surface area contributed by atoms with Crippen LogP contribution in [0.1, 0.15) is 32.3 Å². The molecule has 0 amide bonds. The number of hydrogen-bond donors (Lipinski definition) is 1. The van der Waals surface area contributed by atoms with Crippen LogP contribution in [0.25, 0.3) is 0 Å². The summed E-state index contributed by atoms with van der Waals surface area (Å²) in [6.07, 6.45) is 2.43. The van der Waals surface area contributed by atoms with E-state index in [0.717, 1.165) is 22.3 Å². The van der Waals surface area contributed by atoms with Gasteiger partial charge in [0.1, 0.15) is 4.99 Å². The smallest absolute Gasteiger partial charge is 0.106 e. The minimum absolute atomic E-state index is 0.188. The van der Waals surface area contributed by atoms with Gasteiger partial charge >= 0.3 is 0 Å².